The predicted octanol–water partition coefficient (Wildman–Crippen LogP) is 4.18. The molecule has 1 amide bonds. The molecule has 4 aromatic rings. The third-order valence-electron chi connectivity index (χ3n) is 5.85. The Morgan fingerprint density at radius 2 is 1.70 bits per heavy atom. The number of sulfonamides is 1. The fraction of sp³-hybridized carbons (Fsp3) is 0.154. The van der Waals surface area contributed by atoms with E-state index in [2.05, 4.69) is 5.32 Å². The first kappa shape index (κ1) is 26.2. The number of carbonyl (C=O) groups is 1. The maximum atomic E-state index is 14.0. The molecule has 0 fully saturated rings. The van der Waals surface area contributed by atoms with Crippen molar-refractivity contribution in [3.63, 3.8) is 0 Å². The van der Waals surface area contributed by atoms with Crippen LogP contribution in [0.3, 0.4) is 0 Å². The van der Waals surface area contributed by atoms with Crippen LogP contribution in [0.25, 0.3) is 5.69 Å². The summed E-state index contributed by atoms with van der Waals surface area (Å²) < 4.78 is 45.0. The van der Waals surface area contributed by atoms with Crippen molar-refractivity contribution in [2.45, 2.75) is 16.7 Å². The molecule has 8 nitrogen and oxygen atoms in total. The van der Waals surface area contributed by atoms with Crippen molar-refractivity contribution < 1.29 is 17.6 Å². The highest BCUT2D eigenvalue weighted by molar-refractivity contribution is 7.98. The Bertz CT molecular complexity index is 1600. The summed E-state index contributed by atoms with van der Waals surface area (Å²) >= 11 is 1.46. The lowest BCUT2D eigenvalue weighted by atomic mass is 10.3. The number of benzene rings is 3. The minimum atomic E-state index is -4.24. The Hall–Kier alpha value is -3.83. The lowest BCUT2D eigenvalue weighted by Gasteiger charge is -2.24. The third kappa shape index (κ3) is 5.32. The third-order valence-corrected chi connectivity index (χ3v) is 8.38. The molecule has 37 heavy (non-hydrogen) atoms. The Morgan fingerprint density at radius 1 is 1.03 bits per heavy atom. The van der Waals surface area contributed by atoms with Crippen molar-refractivity contribution in [3.05, 3.63) is 101 Å². The molecule has 11 heteroatoms. The summed E-state index contributed by atoms with van der Waals surface area (Å²) in [5.74, 6) is -1.40. The van der Waals surface area contributed by atoms with Gasteiger partial charge in [0.1, 0.15) is 18.0 Å². The molecule has 4 rings (SSSR count). The van der Waals surface area contributed by atoms with Crippen LogP contribution in [-0.2, 0) is 21.9 Å². The number of nitrogens with zero attached hydrogens (tertiary/aromatic N) is 3. The van der Waals surface area contributed by atoms with Crippen molar-refractivity contribution >= 4 is 39.1 Å². The molecule has 1 N–H and O–H groups in total. The summed E-state index contributed by atoms with van der Waals surface area (Å²) in [5.41, 5.74) is 0.631. The monoisotopic (exact) mass is 540 g/mol. The number of aromatic nitrogens is 2. The van der Waals surface area contributed by atoms with E-state index >= 15 is 0 Å². The van der Waals surface area contributed by atoms with E-state index in [1.807, 2.05) is 12.3 Å². The summed E-state index contributed by atoms with van der Waals surface area (Å²) in [6, 6.07) is 20.1. The van der Waals surface area contributed by atoms with Gasteiger partial charge in [-0.15, -0.1) is 11.8 Å². The fourth-order valence-electron chi connectivity index (χ4n) is 3.84. The second kappa shape index (κ2) is 10.7. The summed E-state index contributed by atoms with van der Waals surface area (Å²) in [4.78, 5) is 27.1. The number of para-hydroxylation sites is 1. The molecule has 1 aromatic heterocycles. The average Bonchev–Trinajstić information content (AvgIpc) is 3.10. The van der Waals surface area contributed by atoms with Crippen LogP contribution in [0.1, 0.15) is 5.69 Å². The first-order valence-electron chi connectivity index (χ1n) is 11.2. The number of amides is 1. The Labute approximate surface area is 218 Å². The SMILES string of the molecule is CSc1ccc(S(=O)(=O)N(CC(=O)Nc2c(C)n(C)n(-c3ccccc3)c2=O)c2cccc(F)c2)cc1. The molecular weight excluding hydrogens is 515 g/mol. The van der Waals surface area contributed by atoms with Gasteiger partial charge in [0.2, 0.25) is 5.91 Å². The van der Waals surface area contributed by atoms with E-state index in [1.54, 1.807) is 55.1 Å². The minimum Gasteiger partial charge on any atom is -0.318 e. The van der Waals surface area contributed by atoms with E-state index in [0.717, 1.165) is 15.3 Å². The zero-order chi connectivity index (χ0) is 26.7. The van der Waals surface area contributed by atoms with Crippen LogP contribution in [0.2, 0.25) is 0 Å². The first-order chi connectivity index (χ1) is 17.6. The van der Waals surface area contributed by atoms with Crippen molar-refractivity contribution in [1.29, 1.82) is 0 Å². The van der Waals surface area contributed by atoms with E-state index < -0.39 is 33.9 Å². The van der Waals surface area contributed by atoms with Gasteiger partial charge < -0.3 is 5.32 Å². The quantitative estimate of drug-likeness (QED) is 0.339. The van der Waals surface area contributed by atoms with Gasteiger partial charge in [0.25, 0.3) is 15.6 Å². The number of thioether (sulfide) groups is 1. The molecule has 0 aliphatic rings. The van der Waals surface area contributed by atoms with Gasteiger partial charge in [0.05, 0.1) is 22.0 Å². The van der Waals surface area contributed by atoms with Gasteiger partial charge in [-0.25, -0.2) is 17.5 Å². The number of anilines is 2. The lowest BCUT2D eigenvalue weighted by Crippen LogP contribution is -2.38. The van der Waals surface area contributed by atoms with E-state index in [-0.39, 0.29) is 16.3 Å². The highest BCUT2D eigenvalue weighted by Gasteiger charge is 2.28. The largest absolute Gasteiger partial charge is 0.318 e. The summed E-state index contributed by atoms with van der Waals surface area (Å²) in [6.45, 7) is 1.00. The smallest absolute Gasteiger partial charge is 0.295 e. The second-order valence-electron chi connectivity index (χ2n) is 8.15. The summed E-state index contributed by atoms with van der Waals surface area (Å²) in [6.07, 6.45) is 1.87. The second-order valence-corrected chi connectivity index (χ2v) is 10.9. The highest BCUT2D eigenvalue weighted by Crippen LogP contribution is 2.26. The van der Waals surface area contributed by atoms with Crippen LogP contribution in [0, 0.1) is 12.7 Å². The lowest BCUT2D eigenvalue weighted by molar-refractivity contribution is -0.114. The zero-order valence-electron chi connectivity index (χ0n) is 20.4. The topological polar surface area (TPSA) is 93.4 Å². The van der Waals surface area contributed by atoms with Gasteiger partial charge in [-0.3, -0.25) is 18.6 Å². The molecule has 192 valence electrons. The molecular formula is C26H25FN4O4S2. The van der Waals surface area contributed by atoms with Crippen LogP contribution in [-0.4, -0.2) is 36.5 Å². The molecule has 0 radical (unpaired) electrons. The molecule has 0 spiro atoms. The predicted molar refractivity (Wildman–Crippen MR) is 144 cm³/mol. The Morgan fingerprint density at radius 3 is 2.32 bits per heavy atom. The fourth-order valence-corrected chi connectivity index (χ4v) is 5.66. The Balaban J connectivity index is 1.69. The normalized spacial score (nSPS) is 11.4. The number of carbonyl (C=O) groups excluding carboxylic acids is 1. The molecule has 0 bridgehead atoms. The van der Waals surface area contributed by atoms with Crippen molar-refractivity contribution in [2.75, 3.05) is 22.4 Å². The van der Waals surface area contributed by atoms with Crippen molar-refractivity contribution in [1.82, 2.24) is 9.36 Å². The van der Waals surface area contributed by atoms with Gasteiger partial charge in [-0.1, -0.05) is 24.3 Å². The average molecular weight is 541 g/mol. The number of rotatable bonds is 8. The van der Waals surface area contributed by atoms with Crippen molar-refractivity contribution in [2.24, 2.45) is 7.05 Å². The van der Waals surface area contributed by atoms with Crippen LogP contribution < -0.4 is 15.2 Å². The van der Waals surface area contributed by atoms with Crippen LogP contribution >= 0.6 is 11.8 Å². The van der Waals surface area contributed by atoms with Gasteiger partial charge >= 0.3 is 0 Å². The van der Waals surface area contributed by atoms with Crippen LogP contribution in [0.5, 0.6) is 0 Å². The van der Waals surface area contributed by atoms with Gasteiger partial charge in [-0.05, 0) is 67.8 Å². The molecule has 0 unspecified atom stereocenters. The zero-order valence-corrected chi connectivity index (χ0v) is 22.0. The maximum Gasteiger partial charge on any atom is 0.295 e. The van der Waals surface area contributed by atoms with Crippen LogP contribution in [0.4, 0.5) is 15.8 Å². The number of nitrogens with one attached hydrogen (secondary N) is 1. The molecule has 0 saturated carbocycles. The van der Waals surface area contributed by atoms with Gasteiger partial charge in [0.15, 0.2) is 0 Å². The van der Waals surface area contributed by atoms with Gasteiger partial charge in [-0.2, -0.15) is 0 Å². The van der Waals surface area contributed by atoms with E-state index in [1.165, 1.54) is 46.8 Å². The first-order valence-corrected chi connectivity index (χ1v) is 13.9. The van der Waals surface area contributed by atoms with E-state index in [9.17, 15) is 22.4 Å². The molecule has 0 atom stereocenters. The Kier molecular flexibility index (Phi) is 7.55. The summed E-state index contributed by atoms with van der Waals surface area (Å²) in [7, 11) is -2.56. The highest BCUT2D eigenvalue weighted by atomic mass is 32.2. The number of hydrogen-bond donors (Lipinski definition) is 1. The summed E-state index contributed by atoms with van der Waals surface area (Å²) in [5, 5.41) is 2.57. The molecule has 0 aliphatic carbocycles. The molecule has 0 saturated heterocycles. The van der Waals surface area contributed by atoms with Crippen molar-refractivity contribution in [3.8, 4) is 5.69 Å². The molecule has 3 aromatic carbocycles. The van der Waals surface area contributed by atoms with E-state index in [0.29, 0.717) is 11.4 Å². The van der Waals surface area contributed by atoms with E-state index in [4.69, 9.17) is 0 Å². The molecule has 0 aliphatic heterocycles. The minimum absolute atomic E-state index is 0.0180. The number of halogens is 1. The molecule has 1 heterocycles. The van der Waals surface area contributed by atoms with Crippen LogP contribution in [0.15, 0.2) is 93.4 Å². The standard InChI is InChI=1S/C26H25FN4O4S2/c1-18-25(26(33)31(29(18)2)20-9-5-4-6-10-20)28-24(32)17-30(21-11-7-8-19(27)16-21)37(34,35)23-14-12-22(36-3)13-15-23/h4-16H,17H2,1-3H3,(H,28,32). The maximum absolute atomic E-state index is 14.0. The number of hydrogen-bond acceptors (Lipinski definition) is 5. The van der Waals surface area contributed by atoms with Gasteiger partial charge in [0, 0.05) is 11.9 Å².